The zero-order chi connectivity index (χ0) is 32.3. The number of imidazole rings is 1. The van der Waals surface area contributed by atoms with Crippen molar-refractivity contribution in [1.29, 1.82) is 0 Å². The molecule has 2 aromatic carbocycles. The van der Waals surface area contributed by atoms with Crippen LogP contribution < -0.4 is 5.32 Å². The number of pyridine rings is 3. The smallest absolute Gasteiger partial charge is 0.181 e. The summed E-state index contributed by atoms with van der Waals surface area (Å²) in [4.78, 5) is 24.4. The highest BCUT2D eigenvalue weighted by Crippen LogP contribution is 2.33. The Morgan fingerprint density at radius 3 is 2.52 bits per heavy atom. The number of hydrogen-bond acceptors (Lipinski definition) is 7. The summed E-state index contributed by atoms with van der Waals surface area (Å²) in [7, 11) is 0. The molecule has 5 aromatic heterocycles. The summed E-state index contributed by atoms with van der Waals surface area (Å²) in [5.74, 6) is 0.350. The predicted octanol–water partition coefficient (Wildman–Crippen LogP) is 7.08. The lowest BCUT2D eigenvalue weighted by Crippen LogP contribution is -2.20. The molecule has 6 heterocycles. The van der Waals surface area contributed by atoms with E-state index in [1.807, 2.05) is 42.9 Å². The van der Waals surface area contributed by atoms with Crippen LogP contribution in [-0.4, -0.2) is 59.7 Å². The van der Waals surface area contributed by atoms with Gasteiger partial charge in [-0.2, -0.15) is 5.10 Å². The topological polar surface area (TPSA) is 111 Å². The average molecular weight is 638 g/mol. The quantitative estimate of drug-likeness (QED) is 0.139. The van der Waals surface area contributed by atoms with Crippen LogP contribution in [0.2, 0.25) is 0 Å². The van der Waals surface area contributed by atoms with Gasteiger partial charge in [0, 0.05) is 54.6 Å². The lowest BCUT2D eigenvalue weighted by Gasteiger charge is -2.14. The van der Waals surface area contributed by atoms with Crippen LogP contribution in [0.25, 0.3) is 56.0 Å². The molecule has 10 heteroatoms. The summed E-state index contributed by atoms with van der Waals surface area (Å²) in [6.45, 7) is 4.88. The Morgan fingerprint density at radius 2 is 1.62 bits per heavy atom. The molecule has 0 atom stereocenters. The van der Waals surface area contributed by atoms with Gasteiger partial charge in [-0.3, -0.25) is 10.1 Å². The minimum Gasteiger partial charge on any atom is -0.335 e. The molecule has 0 bridgehead atoms. The molecular weight excluding hydrogens is 601 g/mol. The lowest BCUT2D eigenvalue weighted by atomic mass is 10.0. The number of halogens is 1. The number of hydrogen-bond donors (Lipinski definition) is 3. The number of nitrogens with zero attached hydrogens (tertiary/aromatic N) is 6. The first-order valence-electron chi connectivity index (χ1n) is 16.6. The first kappa shape index (κ1) is 30.0. The number of H-pyrrole nitrogens is 2. The molecule has 1 fully saturated rings. The molecule has 1 aliphatic rings. The second-order valence-electron chi connectivity index (χ2n) is 12.5. The van der Waals surface area contributed by atoms with E-state index in [1.165, 1.54) is 31.5 Å². The highest BCUT2D eigenvalue weighted by Gasteiger charge is 2.18. The Labute approximate surface area is 277 Å². The summed E-state index contributed by atoms with van der Waals surface area (Å²) >= 11 is 0. The lowest BCUT2D eigenvalue weighted by molar-refractivity contribution is 0.334. The van der Waals surface area contributed by atoms with Crippen molar-refractivity contribution in [2.75, 3.05) is 19.6 Å². The molecule has 9 nitrogen and oxygen atoms in total. The van der Waals surface area contributed by atoms with E-state index in [1.54, 1.807) is 18.3 Å². The fourth-order valence-corrected chi connectivity index (χ4v) is 6.66. The van der Waals surface area contributed by atoms with Gasteiger partial charge in [0.25, 0.3) is 0 Å². The maximum absolute atomic E-state index is 14.9. The molecular formula is C38H36FN9. The van der Waals surface area contributed by atoms with E-state index in [0.717, 1.165) is 70.2 Å². The first-order valence-corrected chi connectivity index (χ1v) is 16.6. The van der Waals surface area contributed by atoms with Crippen LogP contribution >= 0.6 is 0 Å². The largest absolute Gasteiger partial charge is 0.335 e. The number of benzene rings is 2. The Kier molecular flexibility index (Phi) is 8.40. The van der Waals surface area contributed by atoms with Gasteiger partial charge in [-0.1, -0.05) is 36.4 Å². The third-order valence-corrected chi connectivity index (χ3v) is 9.07. The van der Waals surface area contributed by atoms with Crippen molar-refractivity contribution in [2.45, 2.75) is 38.8 Å². The molecule has 3 N–H and O–H groups in total. The van der Waals surface area contributed by atoms with Gasteiger partial charge in [0.05, 0.1) is 10.9 Å². The second kappa shape index (κ2) is 13.4. The van der Waals surface area contributed by atoms with Crippen LogP contribution in [0, 0.1) is 5.82 Å². The molecule has 7 aromatic rings. The zero-order valence-corrected chi connectivity index (χ0v) is 26.6. The van der Waals surface area contributed by atoms with Crippen molar-refractivity contribution in [3.63, 3.8) is 0 Å². The van der Waals surface area contributed by atoms with Crippen molar-refractivity contribution in [3.05, 3.63) is 114 Å². The summed E-state index contributed by atoms with van der Waals surface area (Å²) in [6, 6.07) is 21.8. The molecule has 0 aliphatic carbocycles. The molecule has 0 radical (unpaired) electrons. The van der Waals surface area contributed by atoms with E-state index >= 15 is 0 Å². The van der Waals surface area contributed by atoms with Crippen molar-refractivity contribution >= 4 is 22.2 Å². The van der Waals surface area contributed by atoms with Gasteiger partial charge in [0.2, 0.25) is 0 Å². The van der Waals surface area contributed by atoms with Gasteiger partial charge in [-0.05, 0) is 97.9 Å². The van der Waals surface area contributed by atoms with E-state index in [-0.39, 0.29) is 5.82 Å². The Hall–Kier alpha value is -5.32. The van der Waals surface area contributed by atoms with Crippen molar-refractivity contribution in [1.82, 2.24) is 45.3 Å². The van der Waals surface area contributed by atoms with Crippen LogP contribution in [-0.2, 0) is 19.5 Å². The number of nitrogens with one attached hydrogen (secondary N) is 3. The molecule has 48 heavy (non-hydrogen) atoms. The Bertz CT molecular complexity index is 2180. The molecule has 0 unspecified atom stereocenters. The van der Waals surface area contributed by atoms with E-state index in [4.69, 9.17) is 4.98 Å². The van der Waals surface area contributed by atoms with Gasteiger partial charge in [0.1, 0.15) is 11.5 Å². The van der Waals surface area contributed by atoms with Gasteiger partial charge in [0.15, 0.2) is 17.1 Å². The maximum atomic E-state index is 14.9. The molecule has 1 aliphatic heterocycles. The van der Waals surface area contributed by atoms with E-state index in [2.05, 4.69) is 70.7 Å². The van der Waals surface area contributed by atoms with Crippen LogP contribution in [0.5, 0.6) is 0 Å². The van der Waals surface area contributed by atoms with Gasteiger partial charge < -0.3 is 15.2 Å². The van der Waals surface area contributed by atoms with Crippen molar-refractivity contribution in [2.24, 2.45) is 0 Å². The molecule has 0 saturated carbocycles. The number of aryl methyl sites for hydroxylation is 1. The molecule has 0 spiro atoms. The average Bonchev–Trinajstić information content (AvgIpc) is 3.88. The monoisotopic (exact) mass is 637 g/mol. The summed E-state index contributed by atoms with van der Waals surface area (Å²) in [5.41, 5.74) is 9.45. The van der Waals surface area contributed by atoms with Gasteiger partial charge >= 0.3 is 0 Å². The third kappa shape index (κ3) is 6.45. The fourth-order valence-electron chi connectivity index (χ4n) is 6.66. The summed E-state index contributed by atoms with van der Waals surface area (Å²) in [5, 5.41) is 11.9. The van der Waals surface area contributed by atoms with Gasteiger partial charge in [-0.25, -0.2) is 19.3 Å². The van der Waals surface area contributed by atoms with E-state index < -0.39 is 0 Å². The van der Waals surface area contributed by atoms with E-state index in [0.29, 0.717) is 29.4 Å². The fraction of sp³-hybridized carbons (Fsp3) is 0.237. The minimum absolute atomic E-state index is 0.239. The van der Waals surface area contributed by atoms with Crippen molar-refractivity contribution < 1.29 is 4.39 Å². The zero-order valence-electron chi connectivity index (χ0n) is 26.6. The van der Waals surface area contributed by atoms with E-state index in [9.17, 15) is 4.39 Å². The van der Waals surface area contributed by atoms with Crippen molar-refractivity contribution in [3.8, 4) is 33.8 Å². The Balaban J connectivity index is 1.05. The normalized spacial score (nSPS) is 13.6. The highest BCUT2D eigenvalue weighted by molar-refractivity contribution is 5.96. The maximum Gasteiger partial charge on any atom is 0.181 e. The minimum atomic E-state index is -0.239. The van der Waals surface area contributed by atoms with Crippen LogP contribution in [0.15, 0.2) is 91.5 Å². The summed E-state index contributed by atoms with van der Waals surface area (Å²) < 4.78 is 14.9. The molecule has 0 amide bonds. The summed E-state index contributed by atoms with van der Waals surface area (Å²) in [6.07, 6.45) is 11.7. The number of likely N-dealkylation sites (tertiary alicyclic amines) is 1. The number of aromatic amines is 2. The molecule has 240 valence electrons. The van der Waals surface area contributed by atoms with Gasteiger partial charge in [-0.15, -0.1) is 0 Å². The van der Waals surface area contributed by atoms with Crippen LogP contribution in [0.3, 0.4) is 0 Å². The SMILES string of the molecule is Fc1cc(CCCN2CCCC2)cc(-c2ccnc3nc(-c4[nH]nc5ncc(-c6cncc(CNCc7ccccc7)c6)cc45)[nH]c23)c1. The predicted molar refractivity (Wildman–Crippen MR) is 186 cm³/mol. The number of fused-ring (bicyclic) bond motifs is 2. The second-order valence-corrected chi connectivity index (χ2v) is 12.5. The van der Waals surface area contributed by atoms with Crippen LogP contribution in [0.1, 0.15) is 36.0 Å². The molecule has 8 rings (SSSR count). The molecule has 1 saturated heterocycles. The standard InChI is InChI=1S/C38H36FN9/c39-31-17-26(9-6-14-48-12-4-5-13-48)15-28(18-31)32-10-11-42-37-34(32)44-38(45-37)35-33-19-30(24-43-36(33)47-46-35)29-16-27(22-41-23-29)21-40-20-25-7-2-1-3-8-25/h1-3,7-8,10-11,15-19,22-24,40H,4-6,9,12-14,20-21H2,(H,42,44,45)(H,43,46,47). The number of aromatic nitrogens is 7. The third-order valence-electron chi connectivity index (χ3n) is 9.07. The highest BCUT2D eigenvalue weighted by atomic mass is 19.1. The Morgan fingerprint density at radius 1 is 0.792 bits per heavy atom. The number of rotatable bonds is 11. The first-order chi connectivity index (χ1) is 23.7. The van der Waals surface area contributed by atoms with Crippen LogP contribution in [0.4, 0.5) is 4.39 Å².